The van der Waals surface area contributed by atoms with Gasteiger partial charge in [0.15, 0.2) is 0 Å². The van der Waals surface area contributed by atoms with Crippen molar-refractivity contribution in [1.29, 1.82) is 0 Å². The van der Waals surface area contributed by atoms with Gasteiger partial charge in [-0.05, 0) is 30.0 Å². The largest absolute Gasteiger partial charge is 0.489 e. The molecule has 18 heavy (non-hydrogen) atoms. The monoisotopic (exact) mass is 271 g/mol. The molecule has 3 nitrogen and oxygen atoms in total. The van der Waals surface area contributed by atoms with Crippen LogP contribution in [0.4, 0.5) is 0 Å². The van der Waals surface area contributed by atoms with Gasteiger partial charge in [0.05, 0.1) is 5.02 Å². The smallest absolute Gasteiger partial charge is 0.138 e. The molecule has 0 saturated carbocycles. The van der Waals surface area contributed by atoms with Crippen molar-refractivity contribution in [3.63, 3.8) is 0 Å². The Morgan fingerprint density at radius 1 is 1.39 bits per heavy atom. The molecule has 3 N–H and O–H groups in total. The molecular formula is C14H22ClNO2. The molecule has 1 aromatic carbocycles. The molecule has 1 unspecified atom stereocenters. The number of aliphatic hydroxyl groups is 1. The molecule has 0 radical (unpaired) electrons. The number of halogens is 1. The number of rotatable bonds is 4. The Morgan fingerprint density at radius 3 is 2.56 bits per heavy atom. The maximum Gasteiger partial charge on any atom is 0.138 e. The fraction of sp³-hybridized carbons (Fsp3) is 0.571. The molecular weight excluding hydrogens is 250 g/mol. The predicted octanol–water partition coefficient (Wildman–Crippen LogP) is 2.76. The van der Waals surface area contributed by atoms with Crippen LogP contribution in [0.2, 0.25) is 5.02 Å². The predicted molar refractivity (Wildman–Crippen MR) is 75.1 cm³/mol. The van der Waals surface area contributed by atoms with Crippen molar-refractivity contribution in [1.82, 2.24) is 0 Å². The summed E-state index contributed by atoms with van der Waals surface area (Å²) in [5.74, 6) is 0.580. The van der Waals surface area contributed by atoms with E-state index in [9.17, 15) is 5.11 Å². The quantitative estimate of drug-likeness (QED) is 0.885. The maximum atomic E-state index is 9.98. The number of hydrogen-bond donors (Lipinski definition) is 2. The molecule has 0 aromatic heterocycles. The van der Waals surface area contributed by atoms with Crippen molar-refractivity contribution in [3.8, 4) is 5.75 Å². The Morgan fingerprint density at radius 2 is 2.00 bits per heavy atom. The van der Waals surface area contributed by atoms with Crippen molar-refractivity contribution >= 4 is 11.6 Å². The normalized spacial score (nSPS) is 15.3. The lowest BCUT2D eigenvalue weighted by molar-refractivity contribution is 0.0496. The van der Waals surface area contributed by atoms with E-state index in [1.165, 1.54) is 0 Å². The molecule has 0 amide bonds. The van der Waals surface area contributed by atoms with Crippen molar-refractivity contribution in [2.45, 2.75) is 39.8 Å². The van der Waals surface area contributed by atoms with Gasteiger partial charge in [-0.15, -0.1) is 0 Å². The highest BCUT2D eigenvalue weighted by atomic mass is 35.5. The van der Waals surface area contributed by atoms with Gasteiger partial charge in [-0.3, -0.25) is 0 Å². The zero-order valence-electron chi connectivity index (χ0n) is 11.4. The Balaban J connectivity index is 2.62. The van der Waals surface area contributed by atoms with E-state index in [2.05, 4.69) is 0 Å². The molecule has 1 rings (SSSR count). The topological polar surface area (TPSA) is 55.5 Å². The van der Waals surface area contributed by atoms with Gasteiger partial charge in [0, 0.05) is 6.04 Å². The molecule has 0 heterocycles. The minimum Gasteiger partial charge on any atom is -0.489 e. The molecule has 0 bridgehead atoms. The van der Waals surface area contributed by atoms with Gasteiger partial charge in [-0.25, -0.2) is 0 Å². The van der Waals surface area contributed by atoms with E-state index in [-0.39, 0.29) is 18.1 Å². The summed E-state index contributed by atoms with van der Waals surface area (Å²) in [6.07, 6.45) is -0.721. The minimum atomic E-state index is -0.721. The van der Waals surface area contributed by atoms with Gasteiger partial charge in [0.2, 0.25) is 0 Å². The summed E-state index contributed by atoms with van der Waals surface area (Å²) in [4.78, 5) is 0. The third kappa shape index (κ3) is 4.16. The van der Waals surface area contributed by atoms with Crippen LogP contribution >= 0.6 is 11.6 Å². The molecule has 0 saturated heterocycles. The molecule has 0 aliphatic rings. The highest BCUT2D eigenvalue weighted by molar-refractivity contribution is 6.32. The summed E-state index contributed by atoms with van der Waals surface area (Å²) < 4.78 is 5.53. The summed E-state index contributed by atoms with van der Waals surface area (Å²) in [6, 6.07) is 5.19. The van der Waals surface area contributed by atoms with Gasteiger partial charge in [-0.1, -0.05) is 38.4 Å². The fourth-order valence-corrected chi connectivity index (χ4v) is 1.75. The Bertz CT molecular complexity index is 401. The first-order valence-electron chi connectivity index (χ1n) is 6.04. The van der Waals surface area contributed by atoms with Gasteiger partial charge < -0.3 is 15.6 Å². The summed E-state index contributed by atoms with van der Waals surface area (Å²) in [6.45, 7) is 8.06. The van der Waals surface area contributed by atoms with Gasteiger partial charge in [0.25, 0.3) is 0 Å². The molecule has 2 atom stereocenters. The Labute approximate surface area is 114 Å². The van der Waals surface area contributed by atoms with Crippen LogP contribution in [0.1, 0.15) is 26.3 Å². The van der Waals surface area contributed by atoms with E-state index in [1.54, 1.807) is 6.07 Å². The second-order valence-corrected chi connectivity index (χ2v) is 6.11. The number of hydrogen-bond acceptors (Lipinski definition) is 3. The van der Waals surface area contributed by atoms with E-state index in [0.29, 0.717) is 10.8 Å². The first kappa shape index (κ1) is 15.3. The second kappa shape index (κ2) is 5.91. The Hall–Kier alpha value is -0.770. The van der Waals surface area contributed by atoms with Crippen LogP contribution in [0, 0.1) is 12.3 Å². The lowest BCUT2D eigenvalue weighted by atomic mass is 9.84. The SMILES string of the molecule is Cc1ccc(Cl)c(OC[C@H](O)C(N)C(C)(C)C)c1. The minimum absolute atomic E-state index is 0.140. The molecule has 1 aromatic rings. The van der Waals surface area contributed by atoms with Gasteiger partial charge in [0.1, 0.15) is 18.5 Å². The fourth-order valence-electron chi connectivity index (χ4n) is 1.58. The van der Waals surface area contributed by atoms with Crippen molar-refractivity contribution in [2.75, 3.05) is 6.61 Å². The molecule has 0 aliphatic carbocycles. The van der Waals surface area contributed by atoms with Crippen LogP contribution in [0.15, 0.2) is 18.2 Å². The van der Waals surface area contributed by atoms with E-state index in [4.69, 9.17) is 22.1 Å². The lowest BCUT2D eigenvalue weighted by Gasteiger charge is -2.31. The van der Waals surface area contributed by atoms with Crippen molar-refractivity contribution < 1.29 is 9.84 Å². The standard InChI is InChI=1S/C14H22ClNO2/c1-9-5-6-10(15)12(7-9)18-8-11(17)13(16)14(2,3)4/h5-7,11,13,17H,8,16H2,1-4H3/t11-,13?/m0/s1. The first-order chi connectivity index (χ1) is 8.21. The lowest BCUT2D eigenvalue weighted by Crippen LogP contribution is -2.47. The average molecular weight is 272 g/mol. The zero-order valence-corrected chi connectivity index (χ0v) is 12.2. The van der Waals surface area contributed by atoms with Crippen LogP contribution in [0.3, 0.4) is 0 Å². The van der Waals surface area contributed by atoms with E-state index < -0.39 is 6.10 Å². The number of nitrogens with two attached hydrogens (primary N) is 1. The van der Waals surface area contributed by atoms with Crippen LogP contribution in [-0.4, -0.2) is 23.9 Å². The summed E-state index contributed by atoms with van der Waals surface area (Å²) >= 11 is 6.01. The third-order valence-corrected chi connectivity index (χ3v) is 3.22. The van der Waals surface area contributed by atoms with E-state index in [1.807, 2.05) is 39.8 Å². The zero-order chi connectivity index (χ0) is 13.9. The maximum absolute atomic E-state index is 9.98. The molecule has 0 aliphatic heterocycles. The van der Waals surface area contributed by atoms with Gasteiger partial charge >= 0.3 is 0 Å². The molecule has 0 spiro atoms. The second-order valence-electron chi connectivity index (χ2n) is 5.70. The number of ether oxygens (including phenoxy) is 1. The Kier molecular flexibility index (Phi) is 5.02. The third-order valence-electron chi connectivity index (χ3n) is 2.91. The van der Waals surface area contributed by atoms with Crippen LogP contribution in [-0.2, 0) is 0 Å². The number of benzene rings is 1. The van der Waals surface area contributed by atoms with Crippen LogP contribution in [0.25, 0.3) is 0 Å². The average Bonchev–Trinajstić information content (AvgIpc) is 2.27. The first-order valence-corrected chi connectivity index (χ1v) is 6.42. The van der Waals surface area contributed by atoms with Crippen molar-refractivity contribution in [3.05, 3.63) is 28.8 Å². The molecule has 0 fully saturated rings. The number of aliphatic hydroxyl groups excluding tert-OH is 1. The number of aryl methyl sites for hydroxylation is 1. The van der Waals surface area contributed by atoms with Crippen LogP contribution < -0.4 is 10.5 Å². The van der Waals surface area contributed by atoms with Crippen LogP contribution in [0.5, 0.6) is 5.75 Å². The van der Waals surface area contributed by atoms with E-state index in [0.717, 1.165) is 5.56 Å². The summed E-state index contributed by atoms with van der Waals surface area (Å²) in [5.41, 5.74) is 6.86. The molecule has 4 heteroatoms. The van der Waals surface area contributed by atoms with Crippen molar-refractivity contribution in [2.24, 2.45) is 11.1 Å². The summed E-state index contributed by atoms with van der Waals surface area (Å²) in [7, 11) is 0. The van der Waals surface area contributed by atoms with Gasteiger partial charge in [-0.2, -0.15) is 0 Å². The highest BCUT2D eigenvalue weighted by Crippen LogP contribution is 2.26. The molecule has 102 valence electrons. The highest BCUT2D eigenvalue weighted by Gasteiger charge is 2.28. The van der Waals surface area contributed by atoms with E-state index >= 15 is 0 Å². The summed E-state index contributed by atoms with van der Waals surface area (Å²) in [5, 5.41) is 10.5.